The second-order valence-electron chi connectivity index (χ2n) is 13.3. The summed E-state index contributed by atoms with van der Waals surface area (Å²) in [6.07, 6.45) is 0. The van der Waals surface area contributed by atoms with E-state index in [1.54, 1.807) is 0 Å². The minimum atomic E-state index is 1.16. The summed E-state index contributed by atoms with van der Waals surface area (Å²) in [6.45, 7) is 0. The highest BCUT2D eigenvalue weighted by Gasteiger charge is 2.19. The lowest BCUT2D eigenvalue weighted by atomic mass is 9.92. The molecule has 2 heterocycles. The molecule has 0 bridgehead atoms. The lowest BCUT2D eigenvalue weighted by Crippen LogP contribution is -1.95. The maximum absolute atomic E-state index is 2.45. The fourth-order valence-corrected chi connectivity index (χ4v) is 8.48. The first-order valence-electron chi connectivity index (χ1n) is 17.3. The second-order valence-corrected chi connectivity index (χ2v) is 13.3. The van der Waals surface area contributed by atoms with E-state index in [4.69, 9.17) is 0 Å². The van der Waals surface area contributed by atoms with E-state index < -0.39 is 0 Å². The molecule has 0 aliphatic carbocycles. The van der Waals surface area contributed by atoms with Crippen LogP contribution in [0.15, 0.2) is 182 Å². The van der Waals surface area contributed by atoms with Gasteiger partial charge in [-0.05, 0) is 98.0 Å². The first-order valence-corrected chi connectivity index (χ1v) is 17.3. The molecule has 2 nitrogen and oxygen atoms in total. The van der Waals surface area contributed by atoms with Crippen LogP contribution in [-0.4, -0.2) is 9.13 Å². The third-order valence-corrected chi connectivity index (χ3v) is 10.7. The Morgan fingerprint density at radius 3 is 1.26 bits per heavy atom. The smallest absolute Gasteiger partial charge is 0.0548 e. The number of benzene rings is 9. The number of para-hydroxylation sites is 3. The molecule has 0 saturated carbocycles. The average Bonchev–Trinajstić information content (AvgIpc) is 3.69. The third kappa shape index (κ3) is 3.85. The summed E-state index contributed by atoms with van der Waals surface area (Å²) >= 11 is 0. The summed E-state index contributed by atoms with van der Waals surface area (Å²) in [6, 6.07) is 66.7. The molecular weight excluding hydrogens is 605 g/mol. The molecule has 0 amide bonds. The van der Waals surface area contributed by atoms with Gasteiger partial charge in [0.25, 0.3) is 0 Å². The second kappa shape index (κ2) is 10.4. The van der Waals surface area contributed by atoms with Crippen LogP contribution in [0.2, 0.25) is 0 Å². The van der Waals surface area contributed by atoms with Crippen molar-refractivity contribution in [1.29, 1.82) is 0 Å². The number of hydrogen-bond acceptors (Lipinski definition) is 0. The Balaban J connectivity index is 1.16. The van der Waals surface area contributed by atoms with Crippen LogP contribution < -0.4 is 0 Å². The molecule has 0 spiro atoms. The predicted molar refractivity (Wildman–Crippen MR) is 213 cm³/mol. The van der Waals surface area contributed by atoms with Crippen molar-refractivity contribution < 1.29 is 0 Å². The Kier molecular flexibility index (Phi) is 5.70. The quantitative estimate of drug-likeness (QED) is 0.171. The predicted octanol–water partition coefficient (Wildman–Crippen LogP) is 13.0. The monoisotopic (exact) mass is 634 g/mol. The lowest BCUT2D eigenvalue weighted by Gasteiger charge is -2.13. The van der Waals surface area contributed by atoms with Crippen molar-refractivity contribution in [3.63, 3.8) is 0 Å². The van der Waals surface area contributed by atoms with Crippen LogP contribution in [0.3, 0.4) is 0 Å². The maximum atomic E-state index is 2.45. The van der Waals surface area contributed by atoms with Gasteiger partial charge in [-0.3, -0.25) is 0 Å². The zero-order chi connectivity index (χ0) is 32.8. The van der Waals surface area contributed by atoms with E-state index in [0.717, 1.165) is 5.69 Å². The largest absolute Gasteiger partial charge is 0.309 e. The van der Waals surface area contributed by atoms with Crippen molar-refractivity contribution in [1.82, 2.24) is 9.13 Å². The van der Waals surface area contributed by atoms with Crippen LogP contribution >= 0.6 is 0 Å². The average molecular weight is 635 g/mol. The number of nitrogens with zero attached hydrogens (tertiary/aromatic N) is 2. The summed E-state index contributed by atoms with van der Waals surface area (Å²) in [5.74, 6) is 0. The summed E-state index contributed by atoms with van der Waals surface area (Å²) in [4.78, 5) is 0. The van der Waals surface area contributed by atoms with Crippen LogP contribution in [0, 0.1) is 0 Å². The summed E-state index contributed by atoms with van der Waals surface area (Å²) in [7, 11) is 0. The van der Waals surface area contributed by atoms with Crippen LogP contribution in [0.25, 0.3) is 98.4 Å². The normalized spacial score (nSPS) is 12.0. The molecule has 2 heteroatoms. The van der Waals surface area contributed by atoms with E-state index in [1.165, 1.54) is 92.7 Å². The minimum absolute atomic E-state index is 1.16. The zero-order valence-electron chi connectivity index (χ0n) is 27.2. The van der Waals surface area contributed by atoms with E-state index in [9.17, 15) is 0 Å². The van der Waals surface area contributed by atoms with Crippen molar-refractivity contribution >= 4 is 75.9 Å². The van der Waals surface area contributed by atoms with E-state index in [-0.39, 0.29) is 0 Å². The summed E-state index contributed by atoms with van der Waals surface area (Å²) in [5, 5.41) is 12.8. The Morgan fingerprint density at radius 2 is 0.660 bits per heavy atom. The van der Waals surface area contributed by atoms with Gasteiger partial charge in [0.15, 0.2) is 0 Å². The number of rotatable bonds is 3. The third-order valence-electron chi connectivity index (χ3n) is 10.7. The van der Waals surface area contributed by atoms with Crippen molar-refractivity contribution in [3.05, 3.63) is 182 Å². The molecule has 50 heavy (non-hydrogen) atoms. The highest BCUT2D eigenvalue weighted by atomic mass is 15.0. The Hall–Kier alpha value is -6.64. The molecule has 11 rings (SSSR count). The molecule has 11 aromatic rings. The van der Waals surface area contributed by atoms with Crippen molar-refractivity contribution in [3.8, 4) is 22.5 Å². The molecule has 0 saturated heterocycles. The highest BCUT2D eigenvalue weighted by molar-refractivity contribution is 6.26. The Morgan fingerprint density at radius 1 is 0.220 bits per heavy atom. The molecule has 2 aromatic heterocycles. The number of aromatic nitrogens is 2. The van der Waals surface area contributed by atoms with Gasteiger partial charge in [-0.15, -0.1) is 0 Å². The maximum Gasteiger partial charge on any atom is 0.0548 e. The number of hydrogen-bond donors (Lipinski definition) is 0. The van der Waals surface area contributed by atoms with Gasteiger partial charge in [0.05, 0.1) is 22.1 Å². The number of fused-ring (bicyclic) bond motifs is 12. The first-order chi connectivity index (χ1) is 24.8. The van der Waals surface area contributed by atoms with Gasteiger partial charge in [0, 0.05) is 32.9 Å². The summed E-state index contributed by atoms with van der Waals surface area (Å²) in [5.41, 5.74) is 9.60. The van der Waals surface area contributed by atoms with Crippen LogP contribution in [-0.2, 0) is 0 Å². The standard InChI is InChI=1S/C48H30N2/c1-2-14-33(15-3-1)49-45-23-10-8-21-40(45)43-30-48-44(29-47(43)49)41-22-9-11-24-46(41)50(48)34-16-12-13-31(27-34)32-25-26-39-37-19-5-4-17-35(37)36-18-6-7-20-38(36)42(39)28-32/h1-30H. The van der Waals surface area contributed by atoms with Gasteiger partial charge in [-0.2, -0.15) is 0 Å². The molecular formula is C48H30N2. The molecule has 0 N–H and O–H groups in total. The van der Waals surface area contributed by atoms with E-state index in [1.807, 2.05) is 0 Å². The molecule has 0 fully saturated rings. The molecule has 9 aromatic carbocycles. The molecule has 0 aliphatic rings. The van der Waals surface area contributed by atoms with Crippen LogP contribution in [0.5, 0.6) is 0 Å². The van der Waals surface area contributed by atoms with E-state index in [2.05, 4.69) is 191 Å². The highest BCUT2D eigenvalue weighted by Crippen LogP contribution is 2.41. The Bertz CT molecular complexity index is 3110. The molecule has 0 aliphatic heterocycles. The van der Waals surface area contributed by atoms with Crippen molar-refractivity contribution in [2.24, 2.45) is 0 Å². The Labute approximate surface area is 288 Å². The minimum Gasteiger partial charge on any atom is -0.309 e. The van der Waals surface area contributed by atoms with Gasteiger partial charge in [-0.1, -0.05) is 127 Å². The van der Waals surface area contributed by atoms with Gasteiger partial charge >= 0.3 is 0 Å². The van der Waals surface area contributed by atoms with Gasteiger partial charge in [0.1, 0.15) is 0 Å². The van der Waals surface area contributed by atoms with E-state index in [0.29, 0.717) is 0 Å². The van der Waals surface area contributed by atoms with Gasteiger partial charge < -0.3 is 9.13 Å². The lowest BCUT2D eigenvalue weighted by molar-refractivity contribution is 1.17. The zero-order valence-corrected chi connectivity index (χ0v) is 27.2. The fraction of sp³-hybridized carbons (Fsp3) is 0. The first kappa shape index (κ1) is 27.3. The van der Waals surface area contributed by atoms with Gasteiger partial charge in [-0.25, -0.2) is 0 Å². The van der Waals surface area contributed by atoms with Crippen molar-refractivity contribution in [2.45, 2.75) is 0 Å². The van der Waals surface area contributed by atoms with E-state index >= 15 is 0 Å². The summed E-state index contributed by atoms with van der Waals surface area (Å²) < 4.78 is 4.86. The topological polar surface area (TPSA) is 9.86 Å². The molecule has 232 valence electrons. The fourth-order valence-electron chi connectivity index (χ4n) is 8.48. The molecule has 0 unspecified atom stereocenters. The van der Waals surface area contributed by atoms with Crippen molar-refractivity contribution in [2.75, 3.05) is 0 Å². The SMILES string of the molecule is c1ccc(-n2c3ccccc3c3cc4c(cc32)c2ccccc2n4-c2cccc(-c3ccc4c5ccccc5c5ccccc5c4c3)c2)cc1. The van der Waals surface area contributed by atoms with Gasteiger partial charge in [0.2, 0.25) is 0 Å². The van der Waals surface area contributed by atoms with Crippen LogP contribution in [0.4, 0.5) is 0 Å². The molecule has 0 atom stereocenters. The molecule has 0 radical (unpaired) electrons. The van der Waals surface area contributed by atoms with Crippen LogP contribution in [0.1, 0.15) is 0 Å².